The Morgan fingerprint density at radius 1 is 1.44 bits per heavy atom. The van der Waals surface area contributed by atoms with E-state index in [1.165, 1.54) is 38.0 Å². The predicted octanol–water partition coefficient (Wildman–Crippen LogP) is 2.56. The second-order valence-corrected chi connectivity index (χ2v) is 5.40. The van der Waals surface area contributed by atoms with Crippen LogP contribution in [0.5, 0.6) is 0 Å². The van der Waals surface area contributed by atoms with Gasteiger partial charge in [0.2, 0.25) is 0 Å². The number of rotatable bonds is 5. The summed E-state index contributed by atoms with van der Waals surface area (Å²) >= 11 is 5.91. The molecule has 0 aliphatic carbocycles. The van der Waals surface area contributed by atoms with Crippen LogP contribution in [0, 0.1) is 5.92 Å². The average molecular weight is 268 g/mol. The van der Waals surface area contributed by atoms with E-state index in [2.05, 4.69) is 28.2 Å². The molecule has 100 valence electrons. The third kappa shape index (κ3) is 4.23. The summed E-state index contributed by atoms with van der Waals surface area (Å²) in [5, 5.41) is 4.04. The van der Waals surface area contributed by atoms with Crippen LogP contribution in [0.15, 0.2) is 18.3 Å². The fraction of sp³-hybridized carbons (Fsp3) is 0.643. The number of hydrogen-bond acceptors (Lipinski definition) is 3. The number of pyridine rings is 1. The van der Waals surface area contributed by atoms with Gasteiger partial charge in [-0.2, -0.15) is 0 Å². The molecule has 2 heterocycles. The van der Waals surface area contributed by atoms with E-state index in [-0.39, 0.29) is 0 Å². The lowest BCUT2D eigenvalue weighted by atomic mass is 9.96. The maximum absolute atomic E-state index is 5.91. The molecular formula is C14H22ClN3. The number of piperidine rings is 1. The zero-order chi connectivity index (χ0) is 12.8. The van der Waals surface area contributed by atoms with Gasteiger partial charge in [0.05, 0.1) is 0 Å². The van der Waals surface area contributed by atoms with Crippen molar-refractivity contribution in [3.8, 4) is 0 Å². The van der Waals surface area contributed by atoms with E-state index < -0.39 is 0 Å². The molecule has 0 aromatic carbocycles. The van der Waals surface area contributed by atoms with Crippen molar-refractivity contribution in [1.82, 2.24) is 15.2 Å². The molecule has 1 N–H and O–H groups in total. The number of likely N-dealkylation sites (tertiary alicyclic amines) is 1. The van der Waals surface area contributed by atoms with Gasteiger partial charge in [-0.25, -0.2) is 4.98 Å². The molecule has 4 heteroatoms. The van der Waals surface area contributed by atoms with Crippen LogP contribution in [0.1, 0.15) is 25.3 Å². The lowest BCUT2D eigenvalue weighted by Gasteiger charge is -2.32. The van der Waals surface area contributed by atoms with Gasteiger partial charge in [0.1, 0.15) is 5.15 Å². The van der Waals surface area contributed by atoms with Crippen molar-refractivity contribution in [2.45, 2.75) is 26.3 Å². The van der Waals surface area contributed by atoms with Crippen LogP contribution in [0.25, 0.3) is 0 Å². The number of nitrogens with one attached hydrogen (secondary N) is 1. The lowest BCUT2D eigenvalue weighted by Crippen LogP contribution is -2.36. The summed E-state index contributed by atoms with van der Waals surface area (Å²) in [5.74, 6) is 0.849. The van der Waals surface area contributed by atoms with E-state index in [9.17, 15) is 0 Å². The zero-order valence-corrected chi connectivity index (χ0v) is 11.8. The minimum atomic E-state index is 0.592. The Bertz CT molecular complexity index is 362. The van der Waals surface area contributed by atoms with Crippen LogP contribution in [0.3, 0.4) is 0 Å². The number of halogens is 1. The van der Waals surface area contributed by atoms with E-state index in [0.717, 1.165) is 19.0 Å². The van der Waals surface area contributed by atoms with Crippen LogP contribution >= 0.6 is 11.6 Å². The minimum absolute atomic E-state index is 0.592. The number of aromatic nitrogens is 1. The monoisotopic (exact) mass is 267 g/mol. The third-order valence-corrected chi connectivity index (χ3v) is 3.79. The molecule has 18 heavy (non-hydrogen) atoms. The van der Waals surface area contributed by atoms with E-state index in [1.54, 1.807) is 6.20 Å². The summed E-state index contributed by atoms with van der Waals surface area (Å²) < 4.78 is 0. The lowest BCUT2D eigenvalue weighted by molar-refractivity contribution is 0.176. The van der Waals surface area contributed by atoms with E-state index in [1.807, 2.05) is 6.07 Å². The van der Waals surface area contributed by atoms with E-state index >= 15 is 0 Å². The van der Waals surface area contributed by atoms with Gasteiger partial charge in [-0.1, -0.05) is 18.5 Å². The number of hydrogen-bond donors (Lipinski definition) is 1. The molecule has 0 radical (unpaired) electrons. The van der Waals surface area contributed by atoms with Crippen LogP contribution < -0.4 is 5.32 Å². The Balaban J connectivity index is 1.76. The van der Waals surface area contributed by atoms with Gasteiger partial charge in [-0.15, -0.1) is 0 Å². The van der Waals surface area contributed by atoms with Gasteiger partial charge in [-0.3, -0.25) is 4.90 Å². The van der Waals surface area contributed by atoms with Crippen molar-refractivity contribution in [3.63, 3.8) is 0 Å². The highest BCUT2D eigenvalue weighted by Crippen LogP contribution is 2.19. The van der Waals surface area contributed by atoms with Crippen LogP contribution in [0.4, 0.5) is 0 Å². The molecule has 0 atom stereocenters. The van der Waals surface area contributed by atoms with E-state index in [4.69, 9.17) is 11.6 Å². The average Bonchev–Trinajstić information content (AvgIpc) is 2.38. The van der Waals surface area contributed by atoms with Crippen molar-refractivity contribution in [3.05, 3.63) is 29.0 Å². The third-order valence-electron chi connectivity index (χ3n) is 3.59. The molecule has 0 amide bonds. The molecule has 0 unspecified atom stereocenters. The summed E-state index contributed by atoms with van der Waals surface area (Å²) in [6.45, 7) is 7.80. The molecule has 0 saturated carbocycles. The number of nitrogens with zero attached hydrogens (tertiary/aromatic N) is 2. The van der Waals surface area contributed by atoms with Crippen molar-refractivity contribution >= 4 is 11.6 Å². The Labute approximate surface area is 115 Å². The van der Waals surface area contributed by atoms with Crippen LogP contribution in [0.2, 0.25) is 5.15 Å². The normalized spacial score (nSPS) is 18.1. The maximum atomic E-state index is 5.91. The molecule has 1 aromatic rings. The summed E-state index contributed by atoms with van der Waals surface area (Å²) in [6.07, 6.45) is 4.38. The second-order valence-electron chi connectivity index (χ2n) is 5.01. The van der Waals surface area contributed by atoms with Crippen molar-refractivity contribution in [2.24, 2.45) is 5.92 Å². The topological polar surface area (TPSA) is 28.2 Å². The Morgan fingerprint density at radius 3 is 2.89 bits per heavy atom. The first-order valence-electron chi connectivity index (χ1n) is 6.81. The van der Waals surface area contributed by atoms with Gasteiger partial charge < -0.3 is 5.32 Å². The molecule has 1 aliphatic rings. The minimum Gasteiger partial charge on any atom is -0.317 e. The van der Waals surface area contributed by atoms with E-state index in [0.29, 0.717) is 5.15 Å². The van der Waals surface area contributed by atoms with Gasteiger partial charge in [0.15, 0.2) is 0 Å². The molecule has 1 aliphatic heterocycles. The highest BCUT2D eigenvalue weighted by atomic mass is 35.5. The SMILES string of the molecule is CCNCC1CCN(Cc2ccnc(Cl)c2)CC1. The quantitative estimate of drug-likeness (QED) is 0.831. The van der Waals surface area contributed by atoms with Gasteiger partial charge >= 0.3 is 0 Å². The summed E-state index contributed by atoms with van der Waals surface area (Å²) in [7, 11) is 0. The Morgan fingerprint density at radius 2 is 2.22 bits per heavy atom. The largest absolute Gasteiger partial charge is 0.317 e. The fourth-order valence-electron chi connectivity index (χ4n) is 2.50. The second kappa shape index (κ2) is 7.07. The molecule has 1 saturated heterocycles. The Kier molecular flexibility index (Phi) is 5.42. The first kappa shape index (κ1) is 13.8. The molecule has 3 nitrogen and oxygen atoms in total. The van der Waals surface area contributed by atoms with Crippen molar-refractivity contribution in [1.29, 1.82) is 0 Å². The molecule has 1 fully saturated rings. The summed E-state index contributed by atoms with van der Waals surface area (Å²) in [5.41, 5.74) is 1.26. The van der Waals surface area contributed by atoms with Gasteiger partial charge in [0, 0.05) is 12.7 Å². The Hall–Kier alpha value is -0.640. The highest BCUT2D eigenvalue weighted by Gasteiger charge is 2.18. The smallest absolute Gasteiger partial charge is 0.129 e. The first-order valence-corrected chi connectivity index (χ1v) is 7.19. The molecular weight excluding hydrogens is 246 g/mol. The van der Waals surface area contributed by atoms with Crippen LogP contribution in [-0.4, -0.2) is 36.1 Å². The standard InChI is InChI=1S/C14H22ClN3/c1-2-16-10-12-4-7-18(8-5-12)11-13-3-6-17-14(15)9-13/h3,6,9,12,16H,2,4-5,7-8,10-11H2,1H3. The highest BCUT2D eigenvalue weighted by molar-refractivity contribution is 6.29. The predicted molar refractivity (Wildman–Crippen MR) is 75.8 cm³/mol. The molecule has 0 bridgehead atoms. The summed E-state index contributed by atoms with van der Waals surface area (Å²) in [6, 6.07) is 4.02. The van der Waals surface area contributed by atoms with Crippen molar-refractivity contribution in [2.75, 3.05) is 26.2 Å². The van der Waals surface area contributed by atoms with Gasteiger partial charge in [0.25, 0.3) is 0 Å². The fourth-order valence-corrected chi connectivity index (χ4v) is 2.69. The molecule has 1 aromatic heterocycles. The first-order chi connectivity index (χ1) is 8.78. The zero-order valence-electron chi connectivity index (χ0n) is 11.0. The molecule has 0 spiro atoms. The maximum Gasteiger partial charge on any atom is 0.129 e. The van der Waals surface area contributed by atoms with Crippen molar-refractivity contribution < 1.29 is 0 Å². The summed E-state index contributed by atoms with van der Waals surface area (Å²) in [4.78, 5) is 6.53. The molecule has 2 rings (SSSR count). The van der Waals surface area contributed by atoms with Gasteiger partial charge in [-0.05, 0) is 62.6 Å². The van der Waals surface area contributed by atoms with Crippen LogP contribution in [-0.2, 0) is 6.54 Å².